The molecule has 0 amide bonds. The van der Waals surface area contributed by atoms with Gasteiger partial charge in [-0.15, -0.1) is 0 Å². The van der Waals surface area contributed by atoms with Crippen LogP contribution in [0.4, 0.5) is 0 Å². The monoisotopic (exact) mass is 169 g/mol. The maximum atomic E-state index is 3.45. The van der Waals surface area contributed by atoms with Crippen LogP contribution >= 0.6 is 0 Å². The summed E-state index contributed by atoms with van der Waals surface area (Å²) in [6.07, 6.45) is 8.44. The van der Waals surface area contributed by atoms with Crippen LogP contribution < -0.4 is 5.32 Å². The van der Waals surface area contributed by atoms with E-state index >= 15 is 0 Å². The van der Waals surface area contributed by atoms with Gasteiger partial charge in [-0.05, 0) is 37.8 Å². The van der Waals surface area contributed by atoms with Gasteiger partial charge in [0.15, 0.2) is 0 Å². The van der Waals surface area contributed by atoms with E-state index in [1.54, 1.807) is 0 Å². The van der Waals surface area contributed by atoms with Crippen molar-refractivity contribution in [2.45, 2.75) is 52.4 Å². The van der Waals surface area contributed by atoms with Gasteiger partial charge < -0.3 is 5.32 Å². The third-order valence-corrected chi connectivity index (χ3v) is 3.47. The normalized spacial score (nSPS) is 22.5. The predicted molar refractivity (Wildman–Crippen MR) is 54.4 cm³/mol. The van der Waals surface area contributed by atoms with E-state index in [0.717, 1.165) is 0 Å². The average Bonchev–Trinajstić information content (AvgIpc) is 2.16. The second kappa shape index (κ2) is 4.86. The highest BCUT2D eigenvalue weighted by atomic mass is 14.9. The molecule has 0 aromatic rings. The molecule has 0 bridgehead atoms. The first kappa shape index (κ1) is 10.0. The molecular formula is C11H23N. The molecule has 72 valence electrons. The Hall–Kier alpha value is -0.0400. The Bertz CT molecular complexity index is 114. The van der Waals surface area contributed by atoms with E-state index in [1.165, 1.54) is 51.6 Å². The number of hydrogen-bond donors (Lipinski definition) is 1. The van der Waals surface area contributed by atoms with Crippen LogP contribution in [-0.4, -0.2) is 13.1 Å². The summed E-state index contributed by atoms with van der Waals surface area (Å²) in [5, 5.41) is 3.45. The van der Waals surface area contributed by atoms with E-state index < -0.39 is 0 Å². The van der Waals surface area contributed by atoms with Gasteiger partial charge in [0.2, 0.25) is 0 Å². The summed E-state index contributed by atoms with van der Waals surface area (Å²) in [6, 6.07) is 0. The third kappa shape index (κ3) is 2.48. The van der Waals surface area contributed by atoms with E-state index in [4.69, 9.17) is 0 Å². The molecule has 0 radical (unpaired) electrons. The Morgan fingerprint density at radius 1 is 1.17 bits per heavy atom. The van der Waals surface area contributed by atoms with Crippen LogP contribution in [-0.2, 0) is 0 Å². The van der Waals surface area contributed by atoms with Gasteiger partial charge in [0, 0.05) is 0 Å². The van der Waals surface area contributed by atoms with Gasteiger partial charge in [0.25, 0.3) is 0 Å². The average molecular weight is 169 g/mol. The zero-order valence-electron chi connectivity index (χ0n) is 8.66. The van der Waals surface area contributed by atoms with Gasteiger partial charge in [0.05, 0.1) is 0 Å². The van der Waals surface area contributed by atoms with Gasteiger partial charge >= 0.3 is 0 Å². The van der Waals surface area contributed by atoms with E-state index in [-0.39, 0.29) is 0 Å². The molecule has 1 saturated heterocycles. The van der Waals surface area contributed by atoms with E-state index in [9.17, 15) is 0 Å². The lowest BCUT2D eigenvalue weighted by Gasteiger charge is -2.37. The number of unbranched alkanes of at least 4 members (excludes halogenated alkanes) is 1. The van der Waals surface area contributed by atoms with Gasteiger partial charge in [0.1, 0.15) is 0 Å². The lowest BCUT2D eigenvalue weighted by atomic mass is 9.73. The molecule has 1 aliphatic rings. The largest absolute Gasteiger partial charge is 0.317 e. The molecule has 1 heterocycles. The van der Waals surface area contributed by atoms with Crippen molar-refractivity contribution < 1.29 is 0 Å². The molecule has 0 aromatic heterocycles. The maximum absolute atomic E-state index is 3.45. The summed E-state index contributed by atoms with van der Waals surface area (Å²) in [4.78, 5) is 0. The topological polar surface area (TPSA) is 12.0 Å². The van der Waals surface area contributed by atoms with Crippen LogP contribution in [0.25, 0.3) is 0 Å². The zero-order valence-corrected chi connectivity index (χ0v) is 8.66. The fourth-order valence-corrected chi connectivity index (χ4v) is 2.29. The van der Waals surface area contributed by atoms with Crippen molar-refractivity contribution in [1.29, 1.82) is 0 Å². The first-order valence-electron chi connectivity index (χ1n) is 5.54. The summed E-state index contributed by atoms with van der Waals surface area (Å²) in [5.41, 5.74) is 0.710. The number of nitrogens with one attached hydrogen (secondary N) is 1. The summed E-state index contributed by atoms with van der Waals surface area (Å²) >= 11 is 0. The van der Waals surface area contributed by atoms with Crippen molar-refractivity contribution in [2.24, 2.45) is 5.41 Å². The van der Waals surface area contributed by atoms with Crippen molar-refractivity contribution in [3.05, 3.63) is 0 Å². The minimum atomic E-state index is 0.710. The highest BCUT2D eigenvalue weighted by Crippen LogP contribution is 2.37. The first-order valence-corrected chi connectivity index (χ1v) is 5.54. The van der Waals surface area contributed by atoms with Crippen molar-refractivity contribution >= 4 is 0 Å². The Labute approximate surface area is 76.9 Å². The fourth-order valence-electron chi connectivity index (χ4n) is 2.29. The smallest absolute Gasteiger partial charge is 0.00436 e. The molecule has 0 saturated carbocycles. The predicted octanol–water partition coefficient (Wildman–Crippen LogP) is 2.96. The Balaban J connectivity index is 2.37. The Kier molecular flexibility index (Phi) is 4.07. The second-order valence-electron chi connectivity index (χ2n) is 4.21. The SMILES string of the molecule is CCCCC1(CC)CCNCC1. The molecule has 12 heavy (non-hydrogen) atoms. The van der Waals surface area contributed by atoms with Gasteiger partial charge in [-0.25, -0.2) is 0 Å². The lowest BCUT2D eigenvalue weighted by Crippen LogP contribution is -2.36. The summed E-state index contributed by atoms with van der Waals surface area (Å²) in [5.74, 6) is 0. The van der Waals surface area contributed by atoms with E-state index in [2.05, 4.69) is 19.2 Å². The molecule has 1 fully saturated rings. The van der Waals surface area contributed by atoms with Crippen molar-refractivity contribution in [1.82, 2.24) is 5.32 Å². The molecular weight excluding hydrogens is 146 g/mol. The summed E-state index contributed by atoms with van der Waals surface area (Å²) in [6.45, 7) is 7.15. The minimum absolute atomic E-state index is 0.710. The molecule has 1 aliphatic heterocycles. The molecule has 1 nitrogen and oxygen atoms in total. The molecule has 0 unspecified atom stereocenters. The van der Waals surface area contributed by atoms with Crippen LogP contribution in [0.15, 0.2) is 0 Å². The van der Waals surface area contributed by atoms with Crippen molar-refractivity contribution in [3.63, 3.8) is 0 Å². The first-order chi connectivity index (χ1) is 5.83. The second-order valence-corrected chi connectivity index (χ2v) is 4.21. The van der Waals surface area contributed by atoms with Crippen LogP contribution in [0.1, 0.15) is 52.4 Å². The third-order valence-electron chi connectivity index (χ3n) is 3.47. The highest BCUT2D eigenvalue weighted by molar-refractivity contribution is 4.83. The number of piperidine rings is 1. The van der Waals surface area contributed by atoms with Gasteiger partial charge in [-0.1, -0.05) is 33.1 Å². The minimum Gasteiger partial charge on any atom is -0.317 e. The Morgan fingerprint density at radius 2 is 1.83 bits per heavy atom. The molecule has 0 spiro atoms. The molecule has 0 aromatic carbocycles. The Morgan fingerprint density at radius 3 is 2.33 bits per heavy atom. The molecule has 1 rings (SSSR count). The van der Waals surface area contributed by atoms with Crippen LogP contribution in [0, 0.1) is 5.41 Å². The lowest BCUT2D eigenvalue weighted by molar-refractivity contribution is 0.172. The fraction of sp³-hybridized carbons (Fsp3) is 1.00. The van der Waals surface area contributed by atoms with Crippen LogP contribution in [0.5, 0.6) is 0 Å². The van der Waals surface area contributed by atoms with Gasteiger partial charge in [-0.2, -0.15) is 0 Å². The van der Waals surface area contributed by atoms with Crippen molar-refractivity contribution in [2.75, 3.05) is 13.1 Å². The molecule has 0 aliphatic carbocycles. The number of hydrogen-bond acceptors (Lipinski definition) is 1. The molecule has 1 N–H and O–H groups in total. The summed E-state index contributed by atoms with van der Waals surface area (Å²) < 4.78 is 0. The molecule has 1 heteroatoms. The standard InChI is InChI=1S/C11H23N/c1-3-5-6-11(4-2)7-9-12-10-8-11/h12H,3-10H2,1-2H3. The molecule has 0 atom stereocenters. The highest BCUT2D eigenvalue weighted by Gasteiger charge is 2.28. The summed E-state index contributed by atoms with van der Waals surface area (Å²) in [7, 11) is 0. The van der Waals surface area contributed by atoms with Crippen molar-refractivity contribution in [3.8, 4) is 0 Å². The number of rotatable bonds is 4. The van der Waals surface area contributed by atoms with E-state index in [1.807, 2.05) is 0 Å². The maximum Gasteiger partial charge on any atom is -0.00436 e. The quantitative estimate of drug-likeness (QED) is 0.682. The van der Waals surface area contributed by atoms with E-state index in [0.29, 0.717) is 5.41 Å². The zero-order chi connectivity index (χ0) is 8.86. The van der Waals surface area contributed by atoms with Crippen LogP contribution in [0.3, 0.4) is 0 Å². The van der Waals surface area contributed by atoms with Crippen LogP contribution in [0.2, 0.25) is 0 Å². The van der Waals surface area contributed by atoms with Gasteiger partial charge in [-0.3, -0.25) is 0 Å².